The third kappa shape index (κ3) is 2.35. The first-order chi connectivity index (χ1) is 9.72. The summed E-state index contributed by atoms with van der Waals surface area (Å²) >= 11 is 0. The van der Waals surface area contributed by atoms with Crippen LogP contribution in [0.5, 0.6) is 0 Å². The molecular formula is C12H12N4O4. The average molecular weight is 276 g/mol. The van der Waals surface area contributed by atoms with Gasteiger partial charge in [-0.25, -0.2) is 9.78 Å². The molecule has 0 saturated heterocycles. The van der Waals surface area contributed by atoms with Gasteiger partial charge in [0.1, 0.15) is 18.5 Å². The fourth-order valence-electron chi connectivity index (χ4n) is 1.70. The normalized spacial score (nSPS) is 11.4. The fraction of sp³-hybridized carbons (Fsp3) is 0.250. The first kappa shape index (κ1) is 13.7. The first-order valence-corrected chi connectivity index (χ1v) is 5.82. The van der Waals surface area contributed by atoms with Crippen LogP contribution in [-0.2, 0) is 14.4 Å². The third-order valence-electron chi connectivity index (χ3n) is 2.47. The van der Waals surface area contributed by atoms with E-state index in [9.17, 15) is 9.70 Å². The summed E-state index contributed by atoms with van der Waals surface area (Å²) in [6, 6.07) is 5.14. The number of carbonyl (C=O) groups excluding carboxylic acids is 1. The van der Waals surface area contributed by atoms with E-state index < -0.39 is 5.97 Å². The Morgan fingerprint density at radius 1 is 1.45 bits per heavy atom. The van der Waals surface area contributed by atoms with Crippen LogP contribution in [0.15, 0.2) is 34.7 Å². The number of pyridine rings is 1. The molecule has 0 saturated carbocycles. The Morgan fingerprint density at radius 3 is 2.90 bits per heavy atom. The van der Waals surface area contributed by atoms with E-state index in [2.05, 4.69) is 20.2 Å². The molecule has 8 nitrogen and oxygen atoms in total. The van der Waals surface area contributed by atoms with Gasteiger partial charge in [0.2, 0.25) is 11.5 Å². The van der Waals surface area contributed by atoms with E-state index in [4.69, 9.17) is 4.74 Å². The summed E-state index contributed by atoms with van der Waals surface area (Å²) in [5.41, 5.74) is 0.282. The quantitative estimate of drug-likeness (QED) is 0.358. The van der Waals surface area contributed by atoms with E-state index >= 15 is 0 Å². The number of aromatic nitrogens is 2. The van der Waals surface area contributed by atoms with Crippen LogP contribution >= 0.6 is 0 Å². The van der Waals surface area contributed by atoms with Gasteiger partial charge in [-0.2, -0.15) is 0 Å². The Bertz CT molecular complexity index is 677. The van der Waals surface area contributed by atoms with Crippen LogP contribution in [0, 0.1) is 4.91 Å². The van der Waals surface area contributed by atoms with Crippen molar-refractivity contribution < 1.29 is 14.4 Å². The SMILES string of the molecule is CCOC(=O)/C(=N\OC)c1nc2ccccn2c1N=O. The molecule has 0 aliphatic carbocycles. The van der Waals surface area contributed by atoms with Crippen molar-refractivity contribution in [2.45, 2.75) is 6.92 Å². The zero-order valence-corrected chi connectivity index (χ0v) is 10.9. The van der Waals surface area contributed by atoms with Gasteiger partial charge in [0.05, 0.1) is 6.61 Å². The van der Waals surface area contributed by atoms with Crippen molar-refractivity contribution in [3.8, 4) is 0 Å². The molecule has 0 aliphatic rings. The molecule has 2 aromatic rings. The maximum absolute atomic E-state index is 11.9. The second-order valence-electron chi connectivity index (χ2n) is 3.65. The molecule has 2 heterocycles. The van der Waals surface area contributed by atoms with Crippen molar-refractivity contribution in [3.63, 3.8) is 0 Å². The summed E-state index contributed by atoms with van der Waals surface area (Å²) in [5.74, 6) is -0.771. The van der Waals surface area contributed by atoms with E-state index in [1.54, 1.807) is 31.3 Å². The van der Waals surface area contributed by atoms with E-state index in [0.717, 1.165) is 0 Å². The molecule has 0 unspecified atom stereocenters. The molecule has 0 aromatic carbocycles. The second-order valence-corrected chi connectivity index (χ2v) is 3.65. The minimum Gasteiger partial charge on any atom is -0.461 e. The van der Waals surface area contributed by atoms with E-state index in [1.165, 1.54) is 11.5 Å². The van der Waals surface area contributed by atoms with Gasteiger partial charge in [0.25, 0.3) is 0 Å². The van der Waals surface area contributed by atoms with Crippen molar-refractivity contribution >= 4 is 23.1 Å². The molecule has 8 heteroatoms. The van der Waals surface area contributed by atoms with Crippen LogP contribution in [0.1, 0.15) is 12.6 Å². The lowest BCUT2D eigenvalue weighted by Crippen LogP contribution is -2.19. The fourth-order valence-corrected chi connectivity index (χ4v) is 1.70. The van der Waals surface area contributed by atoms with Gasteiger partial charge in [0.15, 0.2) is 0 Å². The van der Waals surface area contributed by atoms with Crippen molar-refractivity contribution in [1.82, 2.24) is 9.38 Å². The average Bonchev–Trinajstić information content (AvgIpc) is 2.82. The molecular weight excluding hydrogens is 264 g/mol. The summed E-state index contributed by atoms with van der Waals surface area (Å²) in [4.78, 5) is 31.7. The Kier molecular flexibility index (Phi) is 4.04. The Labute approximate surface area is 114 Å². The van der Waals surface area contributed by atoms with Gasteiger partial charge in [-0.3, -0.25) is 4.40 Å². The Hall–Kier alpha value is -2.77. The van der Waals surface area contributed by atoms with Crippen molar-refractivity contribution in [3.05, 3.63) is 35.0 Å². The minimum atomic E-state index is -0.734. The number of nitroso groups, excluding NO2 is 1. The highest BCUT2D eigenvalue weighted by molar-refractivity contribution is 6.43. The number of rotatable bonds is 5. The third-order valence-corrected chi connectivity index (χ3v) is 2.47. The lowest BCUT2D eigenvalue weighted by atomic mass is 10.3. The zero-order valence-electron chi connectivity index (χ0n) is 10.9. The topological polar surface area (TPSA) is 94.6 Å². The smallest absolute Gasteiger partial charge is 0.362 e. The lowest BCUT2D eigenvalue weighted by molar-refractivity contribution is -0.135. The van der Waals surface area contributed by atoms with Crippen molar-refractivity contribution in [2.24, 2.45) is 10.3 Å². The van der Waals surface area contributed by atoms with Gasteiger partial charge in [0, 0.05) is 6.20 Å². The van der Waals surface area contributed by atoms with Crippen molar-refractivity contribution in [1.29, 1.82) is 0 Å². The number of hydrogen-bond acceptors (Lipinski definition) is 7. The van der Waals surface area contributed by atoms with Gasteiger partial charge < -0.3 is 9.57 Å². The number of hydrogen-bond donors (Lipinski definition) is 0. The van der Waals surface area contributed by atoms with Crippen LogP contribution in [0.2, 0.25) is 0 Å². The number of esters is 1. The molecule has 20 heavy (non-hydrogen) atoms. The van der Waals surface area contributed by atoms with E-state index in [1.807, 2.05) is 0 Å². The van der Waals surface area contributed by atoms with Gasteiger partial charge >= 0.3 is 5.97 Å². The van der Waals surface area contributed by atoms with E-state index in [0.29, 0.717) is 5.65 Å². The monoisotopic (exact) mass is 276 g/mol. The molecule has 0 radical (unpaired) electrons. The molecule has 0 atom stereocenters. The number of carbonyl (C=O) groups is 1. The number of imidazole rings is 1. The molecule has 0 amide bonds. The molecule has 0 N–H and O–H groups in total. The standard InChI is InChI=1S/C12H12N4O4/c1-3-20-12(17)10(15-19-2)9-11(14-18)16-7-5-4-6-8(16)13-9/h4-7H,3H2,1-2H3/b15-10-. The number of fused-ring (bicyclic) bond motifs is 1. The van der Waals surface area contributed by atoms with Crippen LogP contribution in [-0.4, -0.2) is 34.8 Å². The summed E-state index contributed by atoms with van der Waals surface area (Å²) in [6.07, 6.45) is 1.61. The number of oxime groups is 1. The van der Waals surface area contributed by atoms with Gasteiger partial charge in [-0.15, -0.1) is 4.91 Å². The summed E-state index contributed by atoms with van der Waals surface area (Å²) in [7, 11) is 1.28. The largest absolute Gasteiger partial charge is 0.461 e. The summed E-state index contributed by atoms with van der Waals surface area (Å²) in [6.45, 7) is 1.82. The van der Waals surface area contributed by atoms with Gasteiger partial charge in [-0.05, 0) is 24.2 Å². The van der Waals surface area contributed by atoms with Crippen molar-refractivity contribution in [2.75, 3.05) is 13.7 Å². The summed E-state index contributed by atoms with van der Waals surface area (Å²) in [5, 5.41) is 6.49. The van der Waals surface area contributed by atoms with Crippen LogP contribution in [0.3, 0.4) is 0 Å². The molecule has 0 fully saturated rings. The highest BCUT2D eigenvalue weighted by Gasteiger charge is 2.25. The van der Waals surface area contributed by atoms with Crippen LogP contribution in [0.4, 0.5) is 5.82 Å². The van der Waals surface area contributed by atoms with E-state index in [-0.39, 0.29) is 23.8 Å². The Balaban J connectivity index is 2.62. The lowest BCUT2D eigenvalue weighted by Gasteiger charge is -2.02. The molecule has 0 bridgehead atoms. The molecule has 0 spiro atoms. The minimum absolute atomic E-state index is 0.0199. The van der Waals surface area contributed by atoms with Crippen LogP contribution < -0.4 is 0 Å². The highest BCUT2D eigenvalue weighted by Crippen LogP contribution is 2.22. The number of ether oxygens (including phenoxy) is 1. The van der Waals surface area contributed by atoms with Crippen LogP contribution in [0.25, 0.3) is 5.65 Å². The molecule has 2 aromatic heterocycles. The number of nitrogens with zero attached hydrogens (tertiary/aromatic N) is 4. The maximum atomic E-state index is 11.9. The Morgan fingerprint density at radius 2 is 2.25 bits per heavy atom. The first-order valence-electron chi connectivity index (χ1n) is 5.82. The molecule has 2 rings (SSSR count). The maximum Gasteiger partial charge on any atom is 0.362 e. The second kappa shape index (κ2) is 5.91. The predicted molar refractivity (Wildman–Crippen MR) is 70.8 cm³/mol. The molecule has 0 aliphatic heterocycles. The summed E-state index contributed by atoms with van der Waals surface area (Å²) < 4.78 is 6.31. The predicted octanol–water partition coefficient (Wildman–Crippen LogP) is 1.65. The zero-order chi connectivity index (χ0) is 14.5. The highest BCUT2D eigenvalue weighted by atomic mass is 16.6. The molecule has 104 valence electrons. The van der Waals surface area contributed by atoms with Gasteiger partial charge in [-0.1, -0.05) is 11.2 Å².